The number of hydrogen-bond acceptors (Lipinski definition) is 4. The van der Waals surface area contributed by atoms with Crippen LogP contribution in [0.2, 0.25) is 0 Å². The molecule has 76 valence electrons. The van der Waals surface area contributed by atoms with Crippen molar-refractivity contribution in [2.24, 2.45) is 0 Å². The van der Waals surface area contributed by atoms with Crippen molar-refractivity contribution in [2.45, 2.75) is 6.92 Å². The molecule has 1 aromatic heterocycles. The van der Waals surface area contributed by atoms with E-state index in [1.54, 1.807) is 18.3 Å². The molecule has 2 rings (SSSR count). The summed E-state index contributed by atoms with van der Waals surface area (Å²) in [6.07, 6.45) is 3.05. The topological polar surface area (TPSA) is 73.8 Å². The lowest BCUT2D eigenvalue weighted by molar-refractivity contribution is -0.384. The zero-order chi connectivity index (χ0) is 10.8. The summed E-state index contributed by atoms with van der Waals surface area (Å²) in [6, 6.07) is 4.86. The Kier molecular flexibility index (Phi) is 2.17. The van der Waals surface area contributed by atoms with Gasteiger partial charge >= 0.3 is 0 Å². The quantitative estimate of drug-likeness (QED) is 0.548. The van der Waals surface area contributed by atoms with Gasteiger partial charge in [0.1, 0.15) is 5.69 Å². The van der Waals surface area contributed by atoms with Gasteiger partial charge in [-0.2, -0.15) is 0 Å². The Bertz CT molecular complexity index is 493. The molecule has 1 heterocycles. The predicted molar refractivity (Wildman–Crippen MR) is 52.8 cm³/mol. The van der Waals surface area contributed by atoms with Gasteiger partial charge in [-0.15, -0.1) is 5.10 Å². The first-order valence-electron chi connectivity index (χ1n) is 4.30. The first kappa shape index (κ1) is 9.32. The Morgan fingerprint density at radius 2 is 2.27 bits per heavy atom. The Labute approximate surface area is 85.3 Å². The third-order valence-electron chi connectivity index (χ3n) is 2.00. The van der Waals surface area contributed by atoms with Crippen LogP contribution < -0.4 is 0 Å². The van der Waals surface area contributed by atoms with Crippen LogP contribution in [-0.2, 0) is 0 Å². The molecule has 0 bridgehead atoms. The summed E-state index contributed by atoms with van der Waals surface area (Å²) in [5.74, 6) is 0. The lowest BCUT2D eigenvalue weighted by Gasteiger charge is -2.02. The second kappa shape index (κ2) is 3.49. The van der Waals surface area contributed by atoms with E-state index in [4.69, 9.17) is 0 Å². The molecule has 6 heteroatoms. The summed E-state index contributed by atoms with van der Waals surface area (Å²) < 4.78 is 1.38. The SMILES string of the molecule is Cc1ccc([N+](=O)[O-])c(-n2ccnn2)c1. The van der Waals surface area contributed by atoms with Crippen molar-refractivity contribution < 1.29 is 4.92 Å². The Morgan fingerprint density at radius 3 is 2.87 bits per heavy atom. The van der Waals surface area contributed by atoms with Gasteiger partial charge in [0.05, 0.1) is 17.3 Å². The van der Waals surface area contributed by atoms with Gasteiger partial charge in [-0.05, 0) is 18.6 Å². The van der Waals surface area contributed by atoms with Gasteiger partial charge < -0.3 is 0 Å². The van der Waals surface area contributed by atoms with Crippen molar-refractivity contribution in [3.63, 3.8) is 0 Å². The van der Waals surface area contributed by atoms with E-state index >= 15 is 0 Å². The molecular formula is C9H8N4O2. The molecule has 0 atom stereocenters. The van der Waals surface area contributed by atoms with Gasteiger partial charge in [0, 0.05) is 6.07 Å². The van der Waals surface area contributed by atoms with Gasteiger partial charge in [0.25, 0.3) is 5.69 Å². The molecule has 0 unspecified atom stereocenters. The number of aryl methyl sites for hydroxylation is 1. The number of nitro groups is 1. The maximum absolute atomic E-state index is 10.8. The number of hydrogen-bond donors (Lipinski definition) is 0. The largest absolute Gasteiger partial charge is 0.294 e. The van der Waals surface area contributed by atoms with Crippen molar-refractivity contribution in [2.75, 3.05) is 0 Å². The second-order valence-electron chi connectivity index (χ2n) is 3.10. The molecule has 6 nitrogen and oxygen atoms in total. The highest BCUT2D eigenvalue weighted by Gasteiger charge is 2.15. The van der Waals surface area contributed by atoms with Gasteiger partial charge in [-0.1, -0.05) is 11.3 Å². The number of nitrogens with zero attached hydrogens (tertiary/aromatic N) is 4. The Hall–Kier alpha value is -2.24. The standard InChI is InChI=1S/C9H8N4O2/c1-7-2-3-8(13(14)15)9(6-7)12-5-4-10-11-12/h2-6H,1H3. The van der Waals surface area contributed by atoms with Crippen LogP contribution >= 0.6 is 0 Å². The van der Waals surface area contributed by atoms with Crippen molar-refractivity contribution in [3.05, 3.63) is 46.3 Å². The van der Waals surface area contributed by atoms with Gasteiger partial charge in [0.15, 0.2) is 0 Å². The highest BCUT2D eigenvalue weighted by Crippen LogP contribution is 2.22. The molecule has 0 fully saturated rings. The summed E-state index contributed by atoms with van der Waals surface area (Å²) in [6.45, 7) is 1.87. The Morgan fingerprint density at radius 1 is 1.47 bits per heavy atom. The highest BCUT2D eigenvalue weighted by atomic mass is 16.6. The molecule has 0 saturated heterocycles. The zero-order valence-corrected chi connectivity index (χ0v) is 7.99. The molecule has 0 radical (unpaired) electrons. The molecular weight excluding hydrogens is 196 g/mol. The molecule has 0 aliphatic rings. The minimum atomic E-state index is -0.434. The van der Waals surface area contributed by atoms with E-state index in [0.717, 1.165) is 5.56 Å². The van der Waals surface area contributed by atoms with Crippen LogP contribution in [-0.4, -0.2) is 19.9 Å². The average molecular weight is 204 g/mol. The highest BCUT2D eigenvalue weighted by molar-refractivity contribution is 5.53. The lowest BCUT2D eigenvalue weighted by atomic mass is 10.2. The normalized spacial score (nSPS) is 10.2. The van der Waals surface area contributed by atoms with Crippen molar-refractivity contribution in [3.8, 4) is 5.69 Å². The molecule has 0 aliphatic carbocycles. The summed E-state index contributed by atoms with van der Waals surface area (Å²) in [7, 11) is 0. The average Bonchev–Trinajstić information content (AvgIpc) is 2.69. The fourth-order valence-electron chi connectivity index (χ4n) is 1.31. The first-order chi connectivity index (χ1) is 7.18. The predicted octanol–water partition coefficient (Wildman–Crippen LogP) is 1.48. The van der Waals surface area contributed by atoms with Crippen LogP contribution in [0.15, 0.2) is 30.6 Å². The maximum atomic E-state index is 10.8. The monoisotopic (exact) mass is 204 g/mol. The van der Waals surface area contributed by atoms with E-state index < -0.39 is 4.92 Å². The van der Waals surface area contributed by atoms with Crippen LogP contribution in [0.4, 0.5) is 5.69 Å². The summed E-state index contributed by atoms with van der Waals surface area (Å²) >= 11 is 0. The molecule has 0 aliphatic heterocycles. The lowest BCUT2D eigenvalue weighted by Crippen LogP contribution is -2.01. The van der Waals surface area contributed by atoms with E-state index in [0.29, 0.717) is 5.69 Å². The molecule has 0 saturated carbocycles. The van der Waals surface area contributed by atoms with Gasteiger partial charge in [-0.25, -0.2) is 4.68 Å². The minimum Gasteiger partial charge on any atom is -0.258 e. The number of aromatic nitrogens is 3. The first-order valence-corrected chi connectivity index (χ1v) is 4.30. The van der Waals surface area contributed by atoms with E-state index in [1.165, 1.54) is 16.9 Å². The van der Waals surface area contributed by atoms with Crippen molar-refractivity contribution in [1.82, 2.24) is 15.0 Å². The Balaban J connectivity index is 2.63. The van der Waals surface area contributed by atoms with Crippen LogP contribution in [0.25, 0.3) is 5.69 Å². The minimum absolute atomic E-state index is 0.0195. The van der Waals surface area contributed by atoms with Gasteiger partial charge in [-0.3, -0.25) is 10.1 Å². The van der Waals surface area contributed by atoms with Crippen LogP contribution in [0.1, 0.15) is 5.56 Å². The molecule has 2 aromatic rings. The fraction of sp³-hybridized carbons (Fsp3) is 0.111. The molecule has 0 N–H and O–H groups in total. The van der Waals surface area contributed by atoms with E-state index in [9.17, 15) is 10.1 Å². The number of rotatable bonds is 2. The third kappa shape index (κ3) is 1.69. The fourth-order valence-corrected chi connectivity index (χ4v) is 1.31. The molecule has 0 amide bonds. The smallest absolute Gasteiger partial charge is 0.258 e. The maximum Gasteiger partial charge on any atom is 0.294 e. The van der Waals surface area contributed by atoms with Crippen LogP contribution in [0.3, 0.4) is 0 Å². The molecule has 0 spiro atoms. The van der Waals surface area contributed by atoms with Gasteiger partial charge in [0.2, 0.25) is 0 Å². The van der Waals surface area contributed by atoms with Crippen LogP contribution in [0.5, 0.6) is 0 Å². The number of benzene rings is 1. The molecule has 1 aromatic carbocycles. The second-order valence-corrected chi connectivity index (χ2v) is 3.10. The van der Waals surface area contributed by atoms with Crippen molar-refractivity contribution in [1.29, 1.82) is 0 Å². The number of nitro benzene ring substituents is 1. The van der Waals surface area contributed by atoms with E-state index in [2.05, 4.69) is 10.3 Å². The summed E-state index contributed by atoms with van der Waals surface area (Å²) in [4.78, 5) is 10.3. The van der Waals surface area contributed by atoms with Crippen molar-refractivity contribution >= 4 is 5.69 Å². The zero-order valence-electron chi connectivity index (χ0n) is 7.99. The van der Waals surface area contributed by atoms with E-state index in [1.807, 2.05) is 6.92 Å². The third-order valence-corrected chi connectivity index (χ3v) is 2.00. The summed E-state index contributed by atoms with van der Waals surface area (Å²) in [5.41, 5.74) is 1.38. The summed E-state index contributed by atoms with van der Waals surface area (Å²) in [5, 5.41) is 18.1. The molecule has 15 heavy (non-hydrogen) atoms. The van der Waals surface area contributed by atoms with Crippen LogP contribution in [0, 0.1) is 17.0 Å². The van der Waals surface area contributed by atoms with E-state index in [-0.39, 0.29) is 5.69 Å².